The first-order chi connectivity index (χ1) is 7.81. The summed E-state index contributed by atoms with van der Waals surface area (Å²) >= 11 is 0. The standard InChI is InChI=1S/C12H25N3O2/c1-12(2,3)17-11(16)9-15-6-5-14(4)8-10(15)7-13/h10H,5-9,13H2,1-4H3. The van der Waals surface area contributed by atoms with Gasteiger partial charge in [0, 0.05) is 32.2 Å². The van der Waals surface area contributed by atoms with E-state index < -0.39 is 5.60 Å². The molecule has 0 saturated carbocycles. The second-order valence-electron chi connectivity index (χ2n) is 5.71. The van der Waals surface area contributed by atoms with Gasteiger partial charge in [0.2, 0.25) is 0 Å². The van der Waals surface area contributed by atoms with Crippen LogP contribution in [0.4, 0.5) is 0 Å². The smallest absolute Gasteiger partial charge is 0.320 e. The minimum absolute atomic E-state index is 0.166. The molecule has 1 unspecified atom stereocenters. The summed E-state index contributed by atoms with van der Waals surface area (Å²) in [7, 11) is 2.08. The molecule has 0 aromatic heterocycles. The predicted octanol–water partition coefficient (Wildman–Crippen LogP) is -0.0972. The number of carbonyl (C=O) groups excluding carboxylic acids is 1. The van der Waals surface area contributed by atoms with E-state index >= 15 is 0 Å². The van der Waals surface area contributed by atoms with Crippen molar-refractivity contribution in [3.63, 3.8) is 0 Å². The lowest BCUT2D eigenvalue weighted by molar-refractivity contribution is -0.157. The van der Waals surface area contributed by atoms with Crippen LogP contribution in [0.15, 0.2) is 0 Å². The maximum absolute atomic E-state index is 11.8. The van der Waals surface area contributed by atoms with Crippen molar-refractivity contribution in [2.75, 3.05) is 39.8 Å². The van der Waals surface area contributed by atoms with Gasteiger partial charge in [-0.1, -0.05) is 0 Å². The molecule has 1 saturated heterocycles. The SMILES string of the molecule is CN1CCN(CC(=O)OC(C)(C)C)C(CN)C1. The van der Waals surface area contributed by atoms with Crippen molar-refractivity contribution in [3.05, 3.63) is 0 Å². The van der Waals surface area contributed by atoms with E-state index in [9.17, 15) is 4.79 Å². The summed E-state index contributed by atoms with van der Waals surface area (Å²) in [5, 5.41) is 0. The Hall–Kier alpha value is -0.650. The zero-order valence-electron chi connectivity index (χ0n) is 11.4. The first kappa shape index (κ1) is 14.4. The minimum Gasteiger partial charge on any atom is -0.459 e. The Morgan fingerprint density at radius 1 is 1.41 bits per heavy atom. The summed E-state index contributed by atoms with van der Waals surface area (Å²) in [5.74, 6) is -0.166. The van der Waals surface area contributed by atoms with Gasteiger partial charge in [0.15, 0.2) is 0 Å². The lowest BCUT2D eigenvalue weighted by Gasteiger charge is -2.39. The summed E-state index contributed by atoms with van der Waals surface area (Å²) < 4.78 is 5.33. The first-order valence-corrected chi connectivity index (χ1v) is 6.16. The van der Waals surface area contributed by atoms with E-state index in [0.29, 0.717) is 13.1 Å². The zero-order chi connectivity index (χ0) is 13.1. The fourth-order valence-corrected chi connectivity index (χ4v) is 2.02. The third-order valence-electron chi connectivity index (χ3n) is 2.83. The van der Waals surface area contributed by atoms with E-state index in [1.807, 2.05) is 20.8 Å². The predicted molar refractivity (Wildman–Crippen MR) is 67.8 cm³/mol. The molecular weight excluding hydrogens is 218 g/mol. The number of hydrogen-bond donors (Lipinski definition) is 1. The van der Waals surface area contributed by atoms with Gasteiger partial charge in [0.1, 0.15) is 5.60 Å². The monoisotopic (exact) mass is 243 g/mol. The molecule has 0 bridgehead atoms. The normalized spacial score (nSPS) is 23.7. The van der Waals surface area contributed by atoms with Crippen LogP contribution in [0, 0.1) is 0 Å². The molecule has 1 aliphatic rings. The molecule has 17 heavy (non-hydrogen) atoms. The Labute approximate surface area is 104 Å². The molecule has 5 heteroatoms. The molecule has 1 atom stereocenters. The summed E-state index contributed by atoms with van der Waals surface area (Å²) in [6.45, 7) is 9.33. The van der Waals surface area contributed by atoms with Gasteiger partial charge in [0.05, 0.1) is 6.54 Å². The molecule has 0 aromatic rings. The van der Waals surface area contributed by atoms with E-state index in [1.54, 1.807) is 0 Å². The van der Waals surface area contributed by atoms with Crippen molar-refractivity contribution < 1.29 is 9.53 Å². The molecule has 1 fully saturated rings. The van der Waals surface area contributed by atoms with Crippen LogP contribution in [0.1, 0.15) is 20.8 Å². The number of nitrogens with two attached hydrogens (primary N) is 1. The van der Waals surface area contributed by atoms with Gasteiger partial charge in [-0.2, -0.15) is 0 Å². The number of rotatable bonds is 3. The Kier molecular flexibility index (Phi) is 4.91. The van der Waals surface area contributed by atoms with E-state index in [-0.39, 0.29) is 12.0 Å². The van der Waals surface area contributed by atoms with Crippen LogP contribution in [0.2, 0.25) is 0 Å². The average molecular weight is 243 g/mol. The molecule has 2 N–H and O–H groups in total. The number of piperazine rings is 1. The Bertz CT molecular complexity index is 263. The second kappa shape index (κ2) is 5.80. The van der Waals surface area contributed by atoms with Crippen LogP contribution in [0.3, 0.4) is 0 Å². The van der Waals surface area contributed by atoms with E-state index in [2.05, 4.69) is 16.8 Å². The van der Waals surface area contributed by atoms with Gasteiger partial charge in [0.25, 0.3) is 0 Å². The highest BCUT2D eigenvalue weighted by atomic mass is 16.6. The Morgan fingerprint density at radius 3 is 2.59 bits per heavy atom. The minimum atomic E-state index is -0.415. The van der Waals surface area contributed by atoms with Crippen LogP contribution in [0.25, 0.3) is 0 Å². The van der Waals surface area contributed by atoms with Crippen LogP contribution in [0.5, 0.6) is 0 Å². The highest BCUT2D eigenvalue weighted by molar-refractivity contribution is 5.72. The lowest BCUT2D eigenvalue weighted by atomic mass is 10.1. The molecular formula is C12H25N3O2. The topological polar surface area (TPSA) is 58.8 Å². The largest absolute Gasteiger partial charge is 0.459 e. The third kappa shape index (κ3) is 5.02. The van der Waals surface area contributed by atoms with Gasteiger partial charge >= 0.3 is 5.97 Å². The fourth-order valence-electron chi connectivity index (χ4n) is 2.02. The van der Waals surface area contributed by atoms with E-state index in [0.717, 1.165) is 19.6 Å². The summed E-state index contributed by atoms with van der Waals surface area (Å²) in [5.41, 5.74) is 5.32. The maximum Gasteiger partial charge on any atom is 0.320 e. The molecule has 5 nitrogen and oxygen atoms in total. The van der Waals surface area contributed by atoms with Gasteiger partial charge in [-0.15, -0.1) is 0 Å². The van der Waals surface area contributed by atoms with Crippen molar-refractivity contribution >= 4 is 5.97 Å². The molecule has 1 heterocycles. The quantitative estimate of drug-likeness (QED) is 0.702. The average Bonchev–Trinajstić information content (AvgIpc) is 2.17. The lowest BCUT2D eigenvalue weighted by Crippen LogP contribution is -2.56. The number of nitrogens with zero attached hydrogens (tertiary/aromatic N) is 2. The highest BCUT2D eigenvalue weighted by Gasteiger charge is 2.27. The molecule has 0 amide bonds. The van der Waals surface area contributed by atoms with Crippen molar-refractivity contribution in [2.24, 2.45) is 5.73 Å². The third-order valence-corrected chi connectivity index (χ3v) is 2.83. The van der Waals surface area contributed by atoms with Crippen molar-refractivity contribution in [3.8, 4) is 0 Å². The van der Waals surface area contributed by atoms with Gasteiger partial charge in [-0.25, -0.2) is 0 Å². The summed E-state index contributed by atoms with van der Waals surface area (Å²) in [6.07, 6.45) is 0. The van der Waals surface area contributed by atoms with Crippen molar-refractivity contribution in [1.29, 1.82) is 0 Å². The first-order valence-electron chi connectivity index (χ1n) is 6.16. The molecule has 0 radical (unpaired) electrons. The van der Waals surface area contributed by atoms with Gasteiger partial charge in [-0.05, 0) is 27.8 Å². The van der Waals surface area contributed by atoms with Crippen LogP contribution < -0.4 is 5.73 Å². The molecule has 1 aliphatic heterocycles. The van der Waals surface area contributed by atoms with Crippen LogP contribution in [-0.2, 0) is 9.53 Å². The Balaban J connectivity index is 2.47. The molecule has 0 spiro atoms. The van der Waals surface area contributed by atoms with E-state index in [1.165, 1.54) is 0 Å². The van der Waals surface area contributed by atoms with Gasteiger partial charge in [-0.3, -0.25) is 9.69 Å². The van der Waals surface area contributed by atoms with Gasteiger partial charge < -0.3 is 15.4 Å². The number of hydrogen-bond acceptors (Lipinski definition) is 5. The second-order valence-corrected chi connectivity index (χ2v) is 5.71. The molecule has 0 aliphatic carbocycles. The number of ether oxygens (including phenoxy) is 1. The number of esters is 1. The summed E-state index contributed by atoms with van der Waals surface area (Å²) in [6, 6.07) is 0.251. The maximum atomic E-state index is 11.8. The summed E-state index contributed by atoms with van der Waals surface area (Å²) in [4.78, 5) is 16.1. The number of likely N-dealkylation sites (N-methyl/N-ethyl adjacent to an activating group) is 1. The molecule has 100 valence electrons. The van der Waals surface area contributed by atoms with Crippen molar-refractivity contribution in [1.82, 2.24) is 9.80 Å². The van der Waals surface area contributed by atoms with E-state index in [4.69, 9.17) is 10.5 Å². The highest BCUT2D eigenvalue weighted by Crippen LogP contribution is 2.11. The van der Waals surface area contributed by atoms with Crippen LogP contribution in [-0.4, -0.2) is 67.2 Å². The fraction of sp³-hybridized carbons (Fsp3) is 0.917. The van der Waals surface area contributed by atoms with Crippen molar-refractivity contribution in [2.45, 2.75) is 32.4 Å². The molecule has 0 aromatic carbocycles. The Morgan fingerprint density at radius 2 is 2.06 bits per heavy atom. The van der Waals surface area contributed by atoms with Crippen LogP contribution >= 0.6 is 0 Å². The molecule has 1 rings (SSSR count). The zero-order valence-corrected chi connectivity index (χ0v) is 11.4. The number of carbonyl (C=O) groups is 1.